The Morgan fingerprint density at radius 2 is 1.93 bits per heavy atom. The summed E-state index contributed by atoms with van der Waals surface area (Å²) < 4.78 is 1.57. The fourth-order valence-electron chi connectivity index (χ4n) is 2.78. The predicted molar refractivity (Wildman–Crippen MR) is 98.8 cm³/mol. The third-order valence-electron chi connectivity index (χ3n) is 4.34. The summed E-state index contributed by atoms with van der Waals surface area (Å²) in [5, 5.41) is 14.8. The highest BCUT2D eigenvalue weighted by molar-refractivity contribution is 6.02. The fourth-order valence-corrected chi connectivity index (χ4v) is 2.78. The molecule has 0 bridgehead atoms. The van der Waals surface area contributed by atoms with Crippen molar-refractivity contribution in [1.29, 1.82) is 0 Å². The zero-order valence-corrected chi connectivity index (χ0v) is 14.9. The van der Waals surface area contributed by atoms with Crippen molar-refractivity contribution in [2.45, 2.75) is 0 Å². The average molecular weight is 365 g/mol. The maximum atomic E-state index is 12.4. The third-order valence-corrected chi connectivity index (χ3v) is 4.34. The molecule has 0 unspecified atom stereocenters. The molecule has 0 radical (unpaired) electrons. The number of hydrogen-bond acceptors (Lipinski definition) is 8. The van der Waals surface area contributed by atoms with Crippen molar-refractivity contribution < 1.29 is 4.79 Å². The van der Waals surface area contributed by atoms with Gasteiger partial charge in [0.15, 0.2) is 11.5 Å². The quantitative estimate of drug-likeness (QED) is 0.711. The van der Waals surface area contributed by atoms with E-state index in [1.807, 2.05) is 0 Å². The minimum atomic E-state index is -0.377. The zero-order chi connectivity index (χ0) is 18.6. The molecule has 3 aromatic heterocycles. The second-order valence-electron chi connectivity index (χ2n) is 6.23. The molecule has 0 aliphatic carbocycles. The highest BCUT2D eigenvalue weighted by Crippen LogP contribution is 2.16. The van der Waals surface area contributed by atoms with Gasteiger partial charge in [-0.2, -0.15) is 5.10 Å². The van der Waals surface area contributed by atoms with Gasteiger partial charge < -0.3 is 15.1 Å². The van der Waals surface area contributed by atoms with E-state index in [0.29, 0.717) is 11.6 Å². The molecule has 1 aliphatic heterocycles. The van der Waals surface area contributed by atoms with Gasteiger partial charge in [-0.05, 0) is 25.2 Å². The van der Waals surface area contributed by atoms with Crippen LogP contribution in [0.1, 0.15) is 10.5 Å². The minimum absolute atomic E-state index is 0.200. The molecule has 0 spiro atoms. The van der Waals surface area contributed by atoms with Crippen LogP contribution in [0.5, 0.6) is 0 Å². The SMILES string of the molecule is CN1CCN(c2cc(NC(=O)c3ccc(-n4cccn4)nn3)ncn2)CC1. The lowest BCUT2D eigenvalue weighted by Gasteiger charge is -2.33. The summed E-state index contributed by atoms with van der Waals surface area (Å²) in [5.74, 6) is 1.39. The van der Waals surface area contributed by atoms with Gasteiger partial charge in [-0.3, -0.25) is 4.79 Å². The minimum Gasteiger partial charge on any atom is -0.354 e. The molecule has 1 saturated heterocycles. The van der Waals surface area contributed by atoms with E-state index in [1.165, 1.54) is 6.33 Å². The van der Waals surface area contributed by atoms with Gasteiger partial charge >= 0.3 is 0 Å². The molecule has 4 heterocycles. The standard InChI is InChI=1S/C17H19N9O/c1-24-7-9-25(10-8-24)16-11-14(18-12-19-16)21-17(27)13-3-4-15(23-22-13)26-6-2-5-20-26/h2-6,11-12H,7-10H2,1H3,(H,18,19,21,27). The maximum Gasteiger partial charge on any atom is 0.277 e. The van der Waals surface area contributed by atoms with Gasteiger partial charge in [0, 0.05) is 44.6 Å². The molecule has 1 amide bonds. The Morgan fingerprint density at radius 3 is 2.63 bits per heavy atom. The van der Waals surface area contributed by atoms with Crippen molar-refractivity contribution >= 4 is 17.5 Å². The molecule has 1 fully saturated rings. The van der Waals surface area contributed by atoms with E-state index in [2.05, 4.69) is 47.4 Å². The van der Waals surface area contributed by atoms with Crippen LogP contribution in [0.3, 0.4) is 0 Å². The van der Waals surface area contributed by atoms with Crippen LogP contribution in [-0.2, 0) is 0 Å². The van der Waals surface area contributed by atoms with Crippen molar-refractivity contribution in [2.24, 2.45) is 0 Å². The first-order valence-corrected chi connectivity index (χ1v) is 8.60. The first-order chi connectivity index (χ1) is 13.2. The lowest BCUT2D eigenvalue weighted by Crippen LogP contribution is -2.44. The predicted octanol–water partition coefficient (Wildman–Crippen LogP) is 0.456. The monoisotopic (exact) mass is 365 g/mol. The van der Waals surface area contributed by atoms with Crippen molar-refractivity contribution in [2.75, 3.05) is 43.4 Å². The highest BCUT2D eigenvalue weighted by atomic mass is 16.2. The van der Waals surface area contributed by atoms with E-state index in [4.69, 9.17) is 0 Å². The summed E-state index contributed by atoms with van der Waals surface area (Å²) >= 11 is 0. The first kappa shape index (κ1) is 17.0. The van der Waals surface area contributed by atoms with E-state index in [1.54, 1.807) is 41.3 Å². The van der Waals surface area contributed by atoms with Crippen LogP contribution >= 0.6 is 0 Å². The Morgan fingerprint density at radius 1 is 1.07 bits per heavy atom. The summed E-state index contributed by atoms with van der Waals surface area (Å²) in [5.41, 5.74) is 0.200. The number of anilines is 2. The van der Waals surface area contributed by atoms with Gasteiger partial charge in [-0.1, -0.05) is 0 Å². The van der Waals surface area contributed by atoms with Crippen molar-refractivity contribution in [1.82, 2.24) is 34.8 Å². The Hall–Kier alpha value is -3.40. The molecular weight excluding hydrogens is 346 g/mol. The Kier molecular flexibility index (Phi) is 4.71. The Bertz CT molecular complexity index is 902. The van der Waals surface area contributed by atoms with Gasteiger partial charge in [-0.25, -0.2) is 14.6 Å². The summed E-state index contributed by atoms with van der Waals surface area (Å²) in [6.07, 6.45) is 4.86. The number of likely N-dealkylation sites (N-methyl/N-ethyl adjacent to an activating group) is 1. The van der Waals surface area contributed by atoms with E-state index in [9.17, 15) is 4.79 Å². The smallest absolute Gasteiger partial charge is 0.277 e. The van der Waals surface area contributed by atoms with Crippen molar-refractivity contribution in [3.8, 4) is 5.82 Å². The number of aromatic nitrogens is 6. The number of rotatable bonds is 4. The molecule has 10 nitrogen and oxygen atoms in total. The molecule has 0 saturated carbocycles. The van der Waals surface area contributed by atoms with E-state index in [0.717, 1.165) is 32.0 Å². The number of nitrogens with one attached hydrogen (secondary N) is 1. The molecule has 0 aromatic carbocycles. The molecule has 3 aromatic rings. The molecule has 0 atom stereocenters. The van der Waals surface area contributed by atoms with Crippen LogP contribution in [0.15, 0.2) is 43.0 Å². The van der Waals surface area contributed by atoms with E-state index in [-0.39, 0.29) is 11.6 Å². The number of amides is 1. The van der Waals surface area contributed by atoms with Gasteiger partial charge in [0.25, 0.3) is 5.91 Å². The van der Waals surface area contributed by atoms with Gasteiger partial charge in [-0.15, -0.1) is 10.2 Å². The molecule has 4 rings (SSSR count). The molecular formula is C17H19N9O. The molecule has 1 N–H and O–H groups in total. The molecule has 10 heteroatoms. The van der Waals surface area contributed by atoms with E-state index < -0.39 is 0 Å². The number of carbonyl (C=O) groups excluding carboxylic acids is 1. The molecule has 138 valence electrons. The zero-order valence-electron chi connectivity index (χ0n) is 14.9. The third kappa shape index (κ3) is 3.90. The number of hydrogen-bond donors (Lipinski definition) is 1. The van der Waals surface area contributed by atoms with E-state index >= 15 is 0 Å². The highest BCUT2D eigenvalue weighted by Gasteiger charge is 2.17. The summed E-state index contributed by atoms with van der Waals surface area (Å²) in [6.45, 7) is 3.73. The van der Waals surface area contributed by atoms with Crippen LogP contribution in [0.25, 0.3) is 5.82 Å². The number of nitrogens with zero attached hydrogens (tertiary/aromatic N) is 8. The number of piperazine rings is 1. The second-order valence-corrected chi connectivity index (χ2v) is 6.23. The van der Waals surface area contributed by atoms with Crippen LogP contribution in [0.2, 0.25) is 0 Å². The van der Waals surface area contributed by atoms with Crippen molar-refractivity contribution in [3.63, 3.8) is 0 Å². The van der Waals surface area contributed by atoms with Gasteiger partial charge in [0.1, 0.15) is 18.0 Å². The van der Waals surface area contributed by atoms with Crippen molar-refractivity contribution in [3.05, 3.63) is 48.7 Å². The lowest BCUT2D eigenvalue weighted by atomic mass is 10.3. The van der Waals surface area contributed by atoms with Crippen LogP contribution in [0.4, 0.5) is 11.6 Å². The molecule has 27 heavy (non-hydrogen) atoms. The largest absolute Gasteiger partial charge is 0.354 e. The van der Waals surface area contributed by atoms with Gasteiger partial charge in [0.05, 0.1) is 0 Å². The summed E-state index contributed by atoms with van der Waals surface area (Å²) in [4.78, 5) is 25.3. The maximum absolute atomic E-state index is 12.4. The lowest BCUT2D eigenvalue weighted by molar-refractivity contribution is 0.102. The Labute approximate surface area is 155 Å². The normalized spacial score (nSPS) is 14.9. The Balaban J connectivity index is 1.44. The van der Waals surface area contributed by atoms with Crippen LogP contribution in [-0.4, -0.2) is 74.0 Å². The summed E-state index contributed by atoms with van der Waals surface area (Å²) in [7, 11) is 2.10. The first-order valence-electron chi connectivity index (χ1n) is 8.60. The molecule has 1 aliphatic rings. The average Bonchev–Trinajstić information content (AvgIpc) is 3.24. The number of carbonyl (C=O) groups is 1. The second kappa shape index (κ2) is 7.46. The van der Waals surface area contributed by atoms with Crippen LogP contribution < -0.4 is 10.2 Å². The topological polar surface area (TPSA) is 105 Å². The summed E-state index contributed by atoms with van der Waals surface area (Å²) in [6, 6.07) is 6.84. The van der Waals surface area contributed by atoms with Crippen LogP contribution in [0, 0.1) is 0 Å². The fraction of sp³-hybridized carbons (Fsp3) is 0.294. The van der Waals surface area contributed by atoms with Gasteiger partial charge in [0.2, 0.25) is 0 Å².